The Bertz CT molecular complexity index is 358. The van der Waals surface area contributed by atoms with E-state index < -0.39 is 0 Å². The molecular weight excluding hydrogens is 302 g/mol. The minimum atomic E-state index is 0.645. The summed E-state index contributed by atoms with van der Waals surface area (Å²) in [6.07, 6.45) is 1.67. The van der Waals surface area contributed by atoms with E-state index in [-0.39, 0.29) is 0 Å². The molecule has 0 aliphatic carbocycles. The van der Waals surface area contributed by atoms with Gasteiger partial charge < -0.3 is 10.2 Å². The van der Waals surface area contributed by atoms with Crippen LogP contribution in [0, 0.1) is 5.92 Å². The van der Waals surface area contributed by atoms with Gasteiger partial charge >= 0.3 is 0 Å². The number of hydrogen-bond acceptors (Lipinski definition) is 3. The van der Waals surface area contributed by atoms with Gasteiger partial charge in [-0.05, 0) is 34.5 Å². The molecule has 0 radical (unpaired) electrons. The monoisotopic (exact) mass is 319 g/mol. The Morgan fingerprint density at radius 3 is 2.82 bits per heavy atom. The molecule has 0 aliphatic rings. The first kappa shape index (κ1) is 14.7. The smallest absolute Gasteiger partial charge is 0.142 e. The molecule has 0 aliphatic heterocycles. The van der Waals surface area contributed by atoms with Crippen LogP contribution in [0.25, 0.3) is 0 Å². The lowest BCUT2D eigenvalue weighted by Crippen LogP contribution is -2.31. The van der Waals surface area contributed by atoms with Crippen molar-refractivity contribution in [3.8, 4) is 0 Å². The lowest BCUT2D eigenvalue weighted by molar-refractivity contribution is 0.554. The van der Waals surface area contributed by atoms with Gasteiger partial charge in [-0.2, -0.15) is 0 Å². The Morgan fingerprint density at radius 1 is 1.53 bits per heavy atom. The van der Waals surface area contributed by atoms with Crippen LogP contribution in [-0.2, 0) is 0 Å². The summed E-state index contributed by atoms with van der Waals surface area (Å²) >= 11 is 9.33. The molecule has 3 nitrogen and oxygen atoms in total. The highest BCUT2D eigenvalue weighted by molar-refractivity contribution is 9.10. The van der Waals surface area contributed by atoms with E-state index in [4.69, 9.17) is 11.6 Å². The third kappa shape index (κ3) is 5.23. The molecule has 0 fully saturated rings. The highest BCUT2D eigenvalue weighted by Gasteiger charge is 2.07. The van der Waals surface area contributed by atoms with E-state index in [0.29, 0.717) is 10.9 Å². The van der Waals surface area contributed by atoms with Gasteiger partial charge in [0.05, 0.1) is 9.50 Å². The molecule has 0 unspecified atom stereocenters. The van der Waals surface area contributed by atoms with Gasteiger partial charge in [0.25, 0.3) is 0 Å². The van der Waals surface area contributed by atoms with Crippen molar-refractivity contribution in [2.24, 2.45) is 5.92 Å². The highest BCUT2D eigenvalue weighted by atomic mass is 79.9. The predicted octanol–water partition coefficient (Wildman–Crippen LogP) is 3.18. The molecular formula is C12H19BrClN3. The molecule has 1 aromatic rings. The van der Waals surface area contributed by atoms with Crippen molar-refractivity contribution in [1.29, 1.82) is 0 Å². The molecule has 1 rings (SSSR count). The largest absolute Gasteiger partial charge is 0.357 e. The first-order valence-corrected chi connectivity index (χ1v) is 6.90. The van der Waals surface area contributed by atoms with Crippen LogP contribution in [0.5, 0.6) is 0 Å². The van der Waals surface area contributed by atoms with Crippen LogP contribution in [-0.4, -0.2) is 31.7 Å². The molecule has 1 N–H and O–H groups in total. The van der Waals surface area contributed by atoms with Crippen molar-refractivity contribution in [3.63, 3.8) is 0 Å². The molecule has 0 saturated carbocycles. The Morgan fingerprint density at radius 2 is 2.24 bits per heavy atom. The highest BCUT2D eigenvalue weighted by Crippen LogP contribution is 2.25. The molecule has 96 valence electrons. The lowest BCUT2D eigenvalue weighted by atomic mass is 10.2. The van der Waals surface area contributed by atoms with E-state index in [1.54, 1.807) is 6.20 Å². The summed E-state index contributed by atoms with van der Waals surface area (Å²) < 4.78 is 0.927. The van der Waals surface area contributed by atoms with Crippen molar-refractivity contribution in [1.82, 2.24) is 10.3 Å². The Labute approximate surface area is 117 Å². The van der Waals surface area contributed by atoms with Crippen LogP contribution in [0.2, 0.25) is 5.02 Å². The average molecular weight is 321 g/mol. The van der Waals surface area contributed by atoms with E-state index in [1.807, 2.05) is 13.1 Å². The van der Waals surface area contributed by atoms with Gasteiger partial charge in [-0.15, -0.1) is 0 Å². The summed E-state index contributed by atoms with van der Waals surface area (Å²) in [6, 6.07) is 1.86. The number of pyridine rings is 1. The normalized spacial score (nSPS) is 10.9. The van der Waals surface area contributed by atoms with Crippen molar-refractivity contribution in [2.45, 2.75) is 13.8 Å². The number of halogens is 2. The van der Waals surface area contributed by atoms with Crippen LogP contribution in [0.1, 0.15) is 13.8 Å². The van der Waals surface area contributed by atoms with Crippen LogP contribution in [0.3, 0.4) is 0 Å². The number of rotatable bonds is 6. The molecule has 0 saturated heterocycles. The predicted molar refractivity (Wildman–Crippen MR) is 77.9 cm³/mol. The van der Waals surface area contributed by atoms with E-state index in [2.05, 4.69) is 45.0 Å². The zero-order valence-electron chi connectivity index (χ0n) is 10.5. The number of aromatic nitrogens is 1. The van der Waals surface area contributed by atoms with Crippen LogP contribution >= 0.6 is 27.5 Å². The zero-order valence-corrected chi connectivity index (χ0v) is 12.8. The zero-order chi connectivity index (χ0) is 12.8. The molecule has 0 amide bonds. The quantitative estimate of drug-likeness (QED) is 0.816. The van der Waals surface area contributed by atoms with E-state index in [1.165, 1.54) is 0 Å². The fraction of sp³-hybridized carbons (Fsp3) is 0.583. The summed E-state index contributed by atoms with van der Waals surface area (Å²) in [5.41, 5.74) is 0. The van der Waals surface area contributed by atoms with Gasteiger partial charge in [-0.1, -0.05) is 25.4 Å². The molecule has 0 aromatic carbocycles. The van der Waals surface area contributed by atoms with Crippen molar-refractivity contribution in [2.75, 3.05) is 31.6 Å². The summed E-state index contributed by atoms with van der Waals surface area (Å²) in [5, 5.41) is 4.05. The van der Waals surface area contributed by atoms with Crippen molar-refractivity contribution < 1.29 is 0 Å². The van der Waals surface area contributed by atoms with Gasteiger partial charge in [0.1, 0.15) is 5.82 Å². The number of nitrogens with one attached hydrogen (secondary N) is 1. The van der Waals surface area contributed by atoms with Gasteiger partial charge in [0.2, 0.25) is 0 Å². The van der Waals surface area contributed by atoms with E-state index >= 15 is 0 Å². The second kappa shape index (κ2) is 7.19. The standard InChI is InChI=1S/C12H19BrClN3/c1-9(2)7-15-4-5-17(3)12-11(13)6-10(14)8-16-12/h6,8-9,15H,4-5,7H2,1-3H3. The van der Waals surface area contributed by atoms with Gasteiger partial charge in [0.15, 0.2) is 0 Å². The molecule has 5 heteroatoms. The van der Waals surface area contributed by atoms with Crippen LogP contribution in [0.4, 0.5) is 5.82 Å². The number of nitrogens with zero attached hydrogens (tertiary/aromatic N) is 2. The number of likely N-dealkylation sites (N-methyl/N-ethyl adjacent to an activating group) is 1. The summed E-state index contributed by atoms with van der Waals surface area (Å²) in [6.45, 7) is 7.32. The number of anilines is 1. The summed E-state index contributed by atoms with van der Waals surface area (Å²) in [5.74, 6) is 1.60. The molecule has 1 aromatic heterocycles. The lowest BCUT2D eigenvalue weighted by Gasteiger charge is -2.20. The van der Waals surface area contributed by atoms with Crippen LogP contribution in [0.15, 0.2) is 16.7 Å². The van der Waals surface area contributed by atoms with Crippen LogP contribution < -0.4 is 10.2 Å². The van der Waals surface area contributed by atoms with E-state index in [9.17, 15) is 0 Å². The number of hydrogen-bond donors (Lipinski definition) is 1. The van der Waals surface area contributed by atoms with Gasteiger partial charge in [0, 0.05) is 26.3 Å². The summed E-state index contributed by atoms with van der Waals surface area (Å²) in [4.78, 5) is 6.42. The third-order valence-corrected chi connectivity index (χ3v) is 3.12. The molecule has 17 heavy (non-hydrogen) atoms. The first-order chi connectivity index (χ1) is 8.00. The summed E-state index contributed by atoms with van der Waals surface area (Å²) in [7, 11) is 2.03. The Kier molecular flexibility index (Phi) is 6.23. The SMILES string of the molecule is CC(C)CNCCN(C)c1ncc(Cl)cc1Br. The Balaban J connectivity index is 2.44. The second-order valence-electron chi connectivity index (χ2n) is 4.48. The van der Waals surface area contributed by atoms with Gasteiger partial charge in [-0.25, -0.2) is 4.98 Å². The maximum absolute atomic E-state index is 5.86. The average Bonchev–Trinajstić information content (AvgIpc) is 2.23. The maximum Gasteiger partial charge on any atom is 0.142 e. The third-order valence-electron chi connectivity index (χ3n) is 2.33. The Hall–Kier alpha value is -0.320. The van der Waals surface area contributed by atoms with E-state index in [0.717, 1.165) is 29.9 Å². The second-order valence-corrected chi connectivity index (χ2v) is 5.77. The fourth-order valence-electron chi connectivity index (χ4n) is 1.43. The van der Waals surface area contributed by atoms with Crippen molar-refractivity contribution in [3.05, 3.63) is 21.8 Å². The van der Waals surface area contributed by atoms with Crippen molar-refractivity contribution >= 4 is 33.3 Å². The van der Waals surface area contributed by atoms with Gasteiger partial charge in [-0.3, -0.25) is 0 Å². The fourth-order valence-corrected chi connectivity index (χ4v) is 2.37. The minimum absolute atomic E-state index is 0.645. The topological polar surface area (TPSA) is 28.2 Å². The molecule has 1 heterocycles. The molecule has 0 spiro atoms. The molecule has 0 bridgehead atoms. The maximum atomic E-state index is 5.86. The first-order valence-electron chi connectivity index (χ1n) is 5.73. The minimum Gasteiger partial charge on any atom is -0.357 e. The molecule has 0 atom stereocenters.